The van der Waals surface area contributed by atoms with Crippen LogP contribution in [0.3, 0.4) is 0 Å². The second kappa shape index (κ2) is 8.54. The third-order valence-electron chi connectivity index (χ3n) is 5.95. The number of carbonyl (C=O) groups is 1. The molecule has 11 heteroatoms. The molecule has 180 valence electrons. The number of halogens is 3. The molecule has 0 saturated carbocycles. The van der Waals surface area contributed by atoms with Crippen LogP contribution in [0.1, 0.15) is 48.1 Å². The van der Waals surface area contributed by atoms with Crippen molar-refractivity contribution < 1.29 is 27.8 Å². The molecule has 1 aliphatic rings. The molecule has 0 radical (unpaired) electrons. The summed E-state index contributed by atoms with van der Waals surface area (Å²) in [7, 11) is 0. The Morgan fingerprint density at radius 1 is 1.21 bits per heavy atom. The third-order valence-corrected chi connectivity index (χ3v) is 5.95. The summed E-state index contributed by atoms with van der Waals surface area (Å²) in [4.78, 5) is 32.4. The van der Waals surface area contributed by atoms with Gasteiger partial charge in [-0.3, -0.25) is 9.59 Å². The van der Waals surface area contributed by atoms with Crippen molar-refractivity contribution in [3.05, 3.63) is 70.2 Å². The van der Waals surface area contributed by atoms with E-state index in [1.165, 1.54) is 17.0 Å². The summed E-state index contributed by atoms with van der Waals surface area (Å²) in [5.41, 5.74) is 1.43. The van der Waals surface area contributed by atoms with Gasteiger partial charge in [-0.05, 0) is 57.0 Å². The zero-order chi connectivity index (χ0) is 24.8. The molecule has 1 aromatic carbocycles. The van der Waals surface area contributed by atoms with Gasteiger partial charge in [0, 0.05) is 18.8 Å². The van der Waals surface area contributed by atoms with E-state index in [1.54, 1.807) is 34.7 Å². The second-order valence-electron chi connectivity index (χ2n) is 8.28. The number of phenolic OH excluding ortho intramolecular Hbond substituents is 1. The van der Waals surface area contributed by atoms with E-state index in [9.17, 15) is 27.9 Å². The summed E-state index contributed by atoms with van der Waals surface area (Å²) >= 11 is 0. The maximum atomic E-state index is 13.5. The molecule has 3 heterocycles. The molecule has 1 aliphatic heterocycles. The highest BCUT2D eigenvalue weighted by Crippen LogP contribution is 2.36. The van der Waals surface area contributed by atoms with Crippen molar-refractivity contribution in [2.45, 2.75) is 52.2 Å². The molecule has 8 nitrogen and oxygen atoms in total. The number of rotatable bonds is 4. The van der Waals surface area contributed by atoms with E-state index in [0.717, 1.165) is 17.8 Å². The van der Waals surface area contributed by atoms with Crippen molar-refractivity contribution >= 4 is 5.91 Å². The molecule has 0 fully saturated rings. The lowest BCUT2D eigenvalue weighted by Gasteiger charge is -2.33. The van der Waals surface area contributed by atoms with Crippen molar-refractivity contribution in [1.29, 1.82) is 0 Å². The minimum atomic E-state index is -4.94. The predicted octanol–water partition coefficient (Wildman–Crippen LogP) is 3.94. The van der Waals surface area contributed by atoms with Crippen LogP contribution in [0.5, 0.6) is 11.5 Å². The Labute approximate surface area is 192 Å². The number of aromatic nitrogens is 3. The van der Waals surface area contributed by atoms with Crippen LogP contribution in [0.15, 0.2) is 47.7 Å². The molecule has 3 aromatic rings. The van der Waals surface area contributed by atoms with E-state index < -0.39 is 29.8 Å². The molecule has 2 unspecified atom stereocenters. The zero-order valence-electron chi connectivity index (χ0n) is 18.7. The number of alkyl halides is 3. The van der Waals surface area contributed by atoms with Crippen LogP contribution in [0.4, 0.5) is 13.2 Å². The molecular formula is C23H23F3N4O4. The molecular weight excluding hydrogens is 453 g/mol. The predicted molar refractivity (Wildman–Crippen MR) is 116 cm³/mol. The number of phenols is 1. The number of aromatic hydroxyl groups is 1. The molecule has 1 N–H and O–H groups in total. The second-order valence-corrected chi connectivity index (χ2v) is 8.28. The number of imidazole rings is 1. The molecule has 0 spiro atoms. The lowest BCUT2D eigenvalue weighted by Crippen LogP contribution is -2.40. The Hall–Kier alpha value is -3.76. The van der Waals surface area contributed by atoms with E-state index >= 15 is 0 Å². The number of nitrogens with zero attached hydrogens (tertiary/aromatic N) is 4. The van der Waals surface area contributed by atoms with E-state index in [2.05, 4.69) is 9.72 Å². The van der Waals surface area contributed by atoms with Crippen molar-refractivity contribution in [3.63, 3.8) is 0 Å². The number of amides is 1. The van der Waals surface area contributed by atoms with E-state index in [1.807, 2.05) is 13.8 Å². The first-order valence-electron chi connectivity index (χ1n) is 10.6. The monoisotopic (exact) mass is 476 g/mol. The average Bonchev–Trinajstić information content (AvgIpc) is 3.13. The van der Waals surface area contributed by atoms with Crippen LogP contribution in [0.2, 0.25) is 0 Å². The first-order valence-corrected chi connectivity index (χ1v) is 10.6. The Morgan fingerprint density at radius 3 is 2.56 bits per heavy atom. The third kappa shape index (κ3) is 4.37. The zero-order valence-corrected chi connectivity index (χ0v) is 18.7. The minimum absolute atomic E-state index is 0.211. The Balaban J connectivity index is 1.68. The summed E-state index contributed by atoms with van der Waals surface area (Å²) in [5, 5.41) is 10.0. The van der Waals surface area contributed by atoms with Crippen molar-refractivity contribution in [2.24, 2.45) is 0 Å². The van der Waals surface area contributed by atoms with Gasteiger partial charge in [-0.1, -0.05) is 6.07 Å². The van der Waals surface area contributed by atoms with E-state index in [-0.39, 0.29) is 17.3 Å². The summed E-state index contributed by atoms with van der Waals surface area (Å²) in [6.45, 7) is 5.67. The lowest BCUT2D eigenvalue weighted by atomic mass is 10.0. The molecule has 4 rings (SSSR count). The van der Waals surface area contributed by atoms with Crippen LogP contribution in [0.25, 0.3) is 5.69 Å². The topological polar surface area (TPSA) is 89.6 Å². The van der Waals surface area contributed by atoms with Crippen molar-refractivity contribution in [3.8, 4) is 17.2 Å². The smallest absolute Gasteiger partial charge is 0.504 e. The number of hydrogen-bond donors (Lipinski definition) is 1. The fourth-order valence-corrected chi connectivity index (χ4v) is 4.24. The lowest BCUT2D eigenvalue weighted by molar-refractivity contribution is -0.275. The SMILES string of the molecule is Cc1cn(-c2ccc3n(c2=O)CCC(C)N(C(C)c2ccc(OC(F)(F)F)c(O)c2)C3=O)cn1. The Morgan fingerprint density at radius 2 is 1.94 bits per heavy atom. The number of ether oxygens (including phenoxy) is 1. The highest BCUT2D eigenvalue weighted by Gasteiger charge is 2.34. The molecule has 0 saturated heterocycles. The molecule has 2 atom stereocenters. The quantitative estimate of drug-likeness (QED) is 0.616. The summed E-state index contributed by atoms with van der Waals surface area (Å²) in [6.07, 6.45) is -1.20. The van der Waals surface area contributed by atoms with Gasteiger partial charge in [0.1, 0.15) is 11.4 Å². The van der Waals surface area contributed by atoms with Crippen LogP contribution in [-0.4, -0.2) is 42.4 Å². The fourth-order valence-electron chi connectivity index (χ4n) is 4.24. The number of aryl methyl sites for hydroxylation is 1. The van der Waals surface area contributed by atoms with Gasteiger partial charge in [-0.15, -0.1) is 13.2 Å². The van der Waals surface area contributed by atoms with Gasteiger partial charge in [-0.2, -0.15) is 0 Å². The van der Waals surface area contributed by atoms with Gasteiger partial charge in [0.05, 0.1) is 18.1 Å². The summed E-state index contributed by atoms with van der Waals surface area (Å²) in [5.74, 6) is -1.80. The number of hydrogen-bond acceptors (Lipinski definition) is 5. The van der Waals surface area contributed by atoms with Crippen LogP contribution in [0, 0.1) is 6.92 Å². The van der Waals surface area contributed by atoms with Crippen LogP contribution >= 0.6 is 0 Å². The number of carbonyl (C=O) groups excluding carboxylic acids is 1. The van der Waals surface area contributed by atoms with Crippen LogP contribution < -0.4 is 10.3 Å². The Kier molecular flexibility index (Phi) is 5.88. The minimum Gasteiger partial charge on any atom is -0.504 e. The maximum absolute atomic E-state index is 13.5. The average molecular weight is 476 g/mol. The molecule has 2 aromatic heterocycles. The standard InChI is InChI=1S/C23H23F3N4O4/c1-13-11-28(12-27-13)17-5-6-18-22(33)30(14(2)8-9-29(18)21(17)32)15(3)16-4-7-20(19(31)10-16)34-23(24,25)26/h4-7,10-12,14-15,31H,8-9H2,1-3H3. The number of benzene rings is 1. The molecule has 1 amide bonds. The molecule has 0 aliphatic carbocycles. The van der Waals surface area contributed by atoms with Crippen molar-refractivity contribution in [2.75, 3.05) is 0 Å². The first-order chi connectivity index (χ1) is 16.0. The van der Waals surface area contributed by atoms with Gasteiger partial charge in [0.2, 0.25) is 0 Å². The number of fused-ring (bicyclic) bond motifs is 1. The van der Waals surface area contributed by atoms with Crippen molar-refractivity contribution in [1.82, 2.24) is 19.0 Å². The largest absolute Gasteiger partial charge is 0.573 e. The summed E-state index contributed by atoms with van der Waals surface area (Å²) in [6, 6.07) is 5.81. The van der Waals surface area contributed by atoms with Crippen LogP contribution in [-0.2, 0) is 6.54 Å². The first kappa shape index (κ1) is 23.4. The van der Waals surface area contributed by atoms with E-state index in [0.29, 0.717) is 24.2 Å². The van der Waals surface area contributed by atoms with Gasteiger partial charge in [0.15, 0.2) is 11.5 Å². The maximum Gasteiger partial charge on any atom is 0.573 e. The molecule has 34 heavy (non-hydrogen) atoms. The highest BCUT2D eigenvalue weighted by molar-refractivity contribution is 5.93. The molecule has 0 bridgehead atoms. The van der Waals surface area contributed by atoms with Gasteiger partial charge in [0.25, 0.3) is 11.5 Å². The normalized spacial score (nSPS) is 17.3. The van der Waals surface area contributed by atoms with Gasteiger partial charge >= 0.3 is 6.36 Å². The summed E-state index contributed by atoms with van der Waals surface area (Å²) < 4.78 is 44.4. The number of pyridine rings is 1. The Bertz CT molecular complexity index is 1300. The van der Waals surface area contributed by atoms with Gasteiger partial charge in [-0.25, -0.2) is 4.98 Å². The van der Waals surface area contributed by atoms with E-state index in [4.69, 9.17) is 0 Å². The van der Waals surface area contributed by atoms with Gasteiger partial charge < -0.3 is 23.9 Å². The fraction of sp³-hybridized carbons (Fsp3) is 0.348. The highest BCUT2D eigenvalue weighted by atomic mass is 19.4.